The van der Waals surface area contributed by atoms with Gasteiger partial charge >= 0.3 is 12.0 Å². The number of hydrogen-bond acceptors (Lipinski definition) is 5. The van der Waals surface area contributed by atoms with Crippen molar-refractivity contribution in [2.75, 3.05) is 0 Å². The number of carboxylic acid groups (broad SMARTS) is 1. The number of nitrogens with zero attached hydrogens (tertiary/aromatic N) is 3. The highest BCUT2D eigenvalue weighted by Crippen LogP contribution is 2.25. The summed E-state index contributed by atoms with van der Waals surface area (Å²) >= 11 is 0. The third kappa shape index (κ3) is 2.72. The van der Waals surface area contributed by atoms with Crippen LogP contribution < -0.4 is 4.74 Å². The van der Waals surface area contributed by atoms with Crippen LogP contribution in [0.2, 0.25) is 0 Å². The van der Waals surface area contributed by atoms with Gasteiger partial charge in [-0.2, -0.15) is 10.2 Å². The number of hydrogen-bond donors (Lipinski definition) is 1. The van der Waals surface area contributed by atoms with Gasteiger partial charge in [0.2, 0.25) is 0 Å². The van der Waals surface area contributed by atoms with Crippen LogP contribution >= 0.6 is 0 Å². The molecule has 0 spiro atoms. The number of aromatic carboxylic acids is 1. The Kier molecular flexibility index (Phi) is 3.62. The fourth-order valence-electron chi connectivity index (χ4n) is 1.70. The van der Waals surface area contributed by atoms with Crippen LogP contribution in [0.1, 0.15) is 27.3 Å². The van der Waals surface area contributed by atoms with E-state index in [1.54, 1.807) is 26.0 Å². The summed E-state index contributed by atoms with van der Waals surface area (Å²) in [5.74, 6) is -0.685. The van der Waals surface area contributed by atoms with Gasteiger partial charge in [-0.05, 0) is 32.0 Å². The lowest BCUT2D eigenvalue weighted by Gasteiger charge is -2.09. The summed E-state index contributed by atoms with van der Waals surface area (Å²) < 4.78 is 5.49. The molecular formula is C14H11N3O3. The van der Waals surface area contributed by atoms with Crippen LogP contribution in [0.5, 0.6) is 11.8 Å². The molecule has 0 aliphatic heterocycles. The summed E-state index contributed by atoms with van der Waals surface area (Å²) in [7, 11) is 0. The number of benzene rings is 1. The van der Waals surface area contributed by atoms with E-state index in [0.29, 0.717) is 17.0 Å². The molecule has 0 unspecified atom stereocenters. The van der Waals surface area contributed by atoms with Crippen LogP contribution in [0, 0.1) is 25.2 Å². The van der Waals surface area contributed by atoms with E-state index in [9.17, 15) is 4.79 Å². The summed E-state index contributed by atoms with van der Waals surface area (Å²) in [5.41, 5.74) is 1.41. The lowest BCUT2D eigenvalue weighted by atomic mass is 10.1. The third-order valence-corrected chi connectivity index (χ3v) is 2.66. The van der Waals surface area contributed by atoms with Gasteiger partial charge in [0, 0.05) is 11.3 Å². The van der Waals surface area contributed by atoms with Gasteiger partial charge in [-0.3, -0.25) is 0 Å². The molecule has 6 nitrogen and oxygen atoms in total. The number of aryl methyl sites for hydroxylation is 1. The normalized spacial score (nSPS) is 9.85. The van der Waals surface area contributed by atoms with Gasteiger partial charge in [-0.25, -0.2) is 9.78 Å². The van der Waals surface area contributed by atoms with Crippen LogP contribution in [0.3, 0.4) is 0 Å². The predicted molar refractivity (Wildman–Crippen MR) is 69.7 cm³/mol. The second-order valence-corrected chi connectivity index (χ2v) is 4.12. The molecule has 0 aliphatic rings. The van der Waals surface area contributed by atoms with Gasteiger partial charge in [0.05, 0.1) is 5.56 Å². The third-order valence-electron chi connectivity index (χ3n) is 2.66. The lowest BCUT2D eigenvalue weighted by molar-refractivity contribution is 0.0695. The average Bonchev–Trinajstić information content (AvgIpc) is 2.40. The molecule has 0 saturated heterocycles. The molecule has 1 N–H and O–H groups in total. The number of rotatable bonds is 3. The van der Waals surface area contributed by atoms with Crippen molar-refractivity contribution in [2.45, 2.75) is 13.8 Å². The maximum Gasteiger partial charge on any atom is 0.336 e. The first-order valence-electron chi connectivity index (χ1n) is 5.78. The lowest BCUT2D eigenvalue weighted by Crippen LogP contribution is -2.02. The molecule has 2 aromatic rings. The Morgan fingerprint density at radius 3 is 2.75 bits per heavy atom. The minimum Gasteiger partial charge on any atom is -0.478 e. The molecule has 0 aliphatic carbocycles. The van der Waals surface area contributed by atoms with Gasteiger partial charge < -0.3 is 9.84 Å². The van der Waals surface area contributed by atoms with Gasteiger partial charge in [0.1, 0.15) is 17.5 Å². The number of ether oxygens (including phenoxy) is 1. The first kappa shape index (κ1) is 13.5. The van der Waals surface area contributed by atoms with Crippen molar-refractivity contribution in [2.24, 2.45) is 0 Å². The molecular weight excluding hydrogens is 258 g/mol. The van der Waals surface area contributed by atoms with E-state index in [4.69, 9.17) is 15.1 Å². The van der Waals surface area contributed by atoms with Gasteiger partial charge in [-0.1, -0.05) is 6.07 Å². The van der Waals surface area contributed by atoms with E-state index < -0.39 is 5.97 Å². The van der Waals surface area contributed by atoms with Crippen LogP contribution in [0.15, 0.2) is 24.3 Å². The van der Waals surface area contributed by atoms with E-state index in [1.807, 2.05) is 6.07 Å². The van der Waals surface area contributed by atoms with E-state index in [2.05, 4.69) is 9.97 Å². The molecule has 6 heteroatoms. The Hall–Kier alpha value is -2.94. The molecule has 2 rings (SSSR count). The highest BCUT2D eigenvalue weighted by atomic mass is 16.5. The molecule has 1 aromatic heterocycles. The minimum absolute atomic E-state index is 0.0205. The fourth-order valence-corrected chi connectivity index (χ4v) is 1.70. The SMILES string of the molecule is Cc1cc(C#N)nc(Oc2cccc(C(=O)O)c2C)n1. The topological polar surface area (TPSA) is 96.1 Å². The number of nitriles is 1. The molecule has 1 aromatic carbocycles. The molecule has 100 valence electrons. The quantitative estimate of drug-likeness (QED) is 0.919. The number of aromatic nitrogens is 2. The maximum atomic E-state index is 11.1. The molecule has 0 fully saturated rings. The summed E-state index contributed by atoms with van der Waals surface area (Å²) in [5, 5.41) is 17.9. The van der Waals surface area contributed by atoms with Crippen molar-refractivity contribution in [1.82, 2.24) is 9.97 Å². The van der Waals surface area contributed by atoms with Crippen molar-refractivity contribution < 1.29 is 14.6 Å². The van der Waals surface area contributed by atoms with E-state index >= 15 is 0 Å². The van der Waals surface area contributed by atoms with Crippen LogP contribution in [-0.4, -0.2) is 21.0 Å². The zero-order valence-corrected chi connectivity index (χ0v) is 10.9. The van der Waals surface area contributed by atoms with Gasteiger partial charge in [0.15, 0.2) is 0 Å². The molecule has 0 atom stereocenters. The Labute approximate surface area is 115 Å². The van der Waals surface area contributed by atoms with Crippen molar-refractivity contribution in [3.8, 4) is 17.8 Å². The molecule has 1 heterocycles. The smallest absolute Gasteiger partial charge is 0.336 e. The number of carbonyl (C=O) groups is 1. The Morgan fingerprint density at radius 2 is 2.10 bits per heavy atom. The average molecular weight is 269 g/mol. The Morgan fingerprint density at radius 1 is 1.35 bits per heavy atom. The summed E-state index contributed by atoms with van der Waals surface area (Å²) in [4.78, 5) is 19.0. The van der Waals surface area contributed by atoms with Crippen molar-refractivity contribution in [1.29, 1.82) is 5.26 Å². The minimum atomic E-state index is -1.03. The zero-order chi connectivity index (χ0) is 14.7. The van der Waals surface area contributed by atoms with E-state index in [0.717, 1.165) is 0 Å². The molecule has 0 bridgehead atoms. The Bertz CT molecular complexity index is 720. The monoisotopic (exact) mass is 269 g/mol. The summed E-state index contributed by atoms with van der Waals surface area (Å²) in [6, 6.07) is 8.16. The van der Waals surface area contributed by atoms with Crippen LogP contribution in [0.4, 0.5) is 0 Å². The van der Waals surface area contributed by atoms with E-state index in [1.165, 1.54) is 12.1 Å². The van der Waals surface area contributed by atoms with Crippen molar-refractivity contribution in [3.63, 3.8) is 0 Å². The van der Waals surface area contributed by atoms with Crippen molar-refractivity contribution in [3.05, 3.63) is 46.8 Å². The predicted octanol–water partition coefficient (Wildman–Crippen LogP) is 2.46. The molecule has 0 radical (unpaired) electrons. The first-order chi connectivity index (χ1) is 9.51. The van der Waals surface area contributed by atoms with Crippen molar-refractivity contribution >= 4 is 5.97 Å². The second-order valence-electron chi connectivity index (χ2n) is 4.12. The molecule has 0 amide bonds. The van der Waals surface area contributed by atoms with Crippen LogP contribution in [0.25, 0.3) is 0 Å². The highest BCUT2D eigenvalue weighted by molar-refractivity contribution is 5.90. The molecule has 20 heavy (non-hydrogen) atoms. The standard InChI is InChI=1S/C14H11N3O3/c1-8-6-10(7-15)17-14(16-8)20-12-5-3-4-11(9(12)2)13(18)19/h3-6H,1-2H3,(H,18,19). The Balaban J connectivity index is 2.41. The first-order valence-corrected chi connectivity index (χ1v) is 5.78. The van der Waals surface area contributed by atoms with Gasteiger partial charge in [0.25, 0.3) is 0 Å². The highest BCUT2D eigenvalue weighted by Gasteiger charge is 2.13. The maximum absolute atomic E-state index is 11.1. The largest absolute Gasteiger partial charge is 0.478 e. The van der Waals surface area contributed by atoms with Crippen LogP contribution in [-0.2, 0) is 0 Å². The number of carboxylic acids is 1. The summed E-state index contributed by atoms with van der Waals surface area (Å²) in [6.45, 7) is 3.36. The van der Waals surface area contributed by atoms with Gasteiger partial charge in [-0.15, -0.1) is 0 Å². The summed E-state index contributed by atoms with van der Waals surface area (Å²) in [6.07, 6.45) is 0. The second kappa shape index (κ2) is 5.36. The van der Waals surface area contributed by atoms with E-state index in [-0.39, 0.29) is 17.3 Å². The fraction of sp³-hybridized carbons (Fsp3) is 0.143. The molecule has 0 saturated carbocycles. The zero-order valence-electron chi connectivity index (χ0n) is 10.9.